The number of ether oxygens (including phenoxy) is 2. The molecule has 1 atom stereocenters. The van der Waals surface area contributed by atoms with Crippen molar-refractivity contribution in [2.75, 3.05) is 13.2 Å². The summed E-state index contributed by atoms with van der Waals surface area (Å²) in [6.45, 7) is 5.81. The Morgan fingerprint density at radius 3 is 2.50 bits per heavy atom. The highest BCUT2D eigenvalue weighted by molar-refractivity contribution is 5.67. The van der Waals surface area contributed by atoms with Crippen molar-refractivity contribution in [3.05, 3.63) is 35.9 Å². The Morgan fingerprint density at radius 1 is 1.30 bits per heavy atom. The second kappa shape index (κ2) is 7.87. The third-order valence-electron chi connectivity index (χ3n) is 2.41. The predicted octanol–water partition coefficient (Wildman–Crippen LogP) is 2.09. The Hall–Kier alpha value is -1.59. The van der Waals surface area contributed by atoms with E-state index in [1.54, 1.807) is 20.8 Å². The van der Waals surface area contributed by atoms with Crippen LogP contribution in [0.1, 0.15) is 26.3 Å². The molecule has 1 amide bonds. The first-order valence-corrected chi connectivity index (χ1v) is 6.64. The molecule has 5 heteroatoms. The monoisotopic (exact) mass is 281 g/mol. The topological polar surface area (TPSA) is 67.8 Å². The molecule has 0 aromatic heterocycles. The van der Waals surface area contributed by atoms with E-state index in [1.807, 2.05) is 30.3 Å². The zero-order valence-electron chi connectivity index (χ0n) is 12.3. The van der Waals surface area contributed by atoms with Gasteiger partial charge in [-0.05, 0) is 26.3 Å². The fourth-order valence-corrected chi connectivity index (χ4v) is 1.48. The Morgan fingerprint density at radius 2 is 1.95 bits per heavy atom. The molecular weight excluding hydrogens is 258 g/mol. The Balaban J connectivity index is 2.31. The summed E-state index contributed by atoms with van der Waals surface area (Å²) in [5.41, 5.74) is 0.479. The van der Waals surface area contributed by atoms with E-state index in [0.717, 1.165) is 5.56 Å². The number of alkyl carbamates (subject to hydrolysis) is 1. The van der Waals surface area contributed by atoms with Crippen molar-refractivity contribution in [2.24, 2.45) is 0 Å². The number of aliphatic hydroxyl groups is 1. The van der Waals surface area contributed by atoms with Gasteiger partial charge in [-0.25, -0.2) is 4.79 Å². The van der Waals surface area contributed by atoms with E-state index in [1.165, 1.54) is 0 Å². The summed E-state index contributed by atoms with van der Waals surface area (Å²) in [7, 11) is 0. The second-order valence-corrected chi connectivity index (χ2v) is 5.48. The number of aliphatic hydroxyl groups excluding tert-OH is 1. The minimum Gasteiger partial charge on any atom is -0.444 e. The molecule has 0 aliphatic carbocycles. The summed E-state index contributed by atoms with van der Waals surface area (Å²) in [6.07, 6.45) is -0.970. The van der Waals surface area contributed by atoms with Gasteiger partial charge in [0.1, 0.15) is 5.60 Å². The molecule has 0 bridgehead atoms. The lowest BCUT2D eigenvalue weighted by Crippen LogP contribution is -2.39. The number of hydrogen-bond acceptors (Lipinski definition) is 4. The summed E-state index contributed by atoms with van der Waals surface area (Å²) in [5, 5.41) is 11.8. The number of hydrogen-bond donors (Lipinski definition) is 2. The summed E-state index contributed by atoms with van der Waals surface area (Å²) < 4.78 is 10.6. The van der Waals surface area contributed by atoms with Gasteiger partial charge >= 0.3 is 6.09 Å². The molecule has 0 fully saturated rings. The standard InChI is InChI=1S/C15H23NO4/c1-15(2,3)20-14(18)16-9-13(10-17)19-11-12-7-5-4-6-8-12/h4-8,13,17H,9-11H2,1-3H3,(H,16,18)/t13-/m1/s1. The molecule has 0 spiro atoms. The number of amides is 1. The van der Waals surface area contributed by atoms with Crippen molar-refractivity contribution in [3.8, 4) is 0 Å². The van der Waals surface area contributed by atoms with Crippen molar-refractivity contribution in [1.82, 2.24) is 5.32 Å². The molecule has 1 aromatic carbocycles. The molecular formula is C15H23NO4. The van der Waals surface area contributed by atoms with Gasteiger partial charge in [0.2, 0.25) is 0 Å². The molecule has 0 aliphatic heterocycles. The lowest BCUT2D eigenvalue weighted by Gasteiger charge is -2.21. The minimum atomic E-state index is -0.538. The van der Waals surface area contributed by atoms with Gasteiger partial charge in [0.05, 0.1) is 19.3 Å². The molecule has 0 radical (unpaired) electrons. The SMILES string of the molecule is CC(C)(C)OC(=O)NC[C@H](CO)OCc1ccccc1. The first-order valence-electron chi connectivity index (χ1n) is 6.64. The zero-order chi connectivity index (χ0) is 15.0. The van der Waals surface area contributed by atoms with E-state index in [4.69, 9.17) is 9.47 Å². The predicted molar refractivity (Wildman–Crippen MR) is 76.3 cm³/mol. The average Bonchev–Trinajstić information content (AvgIpc) is 2.38. The Labute approximate surface area is 119 Å². The van der Waals surface area contributed by atoms with Gasteiger partial charge in [0.25, 0.3) is 0 Å². The van der Waals surface area contributed by atoms with Gasteiger partial charge in [-0.1, -0.05) is 30.3 Å². The molecule has 0 aliphatic rings. The molecule has 0 unspecified atom stereocenters. The van der Waals surface area contributed by atoms with Gasteiger partial charge in [-0.3, -0.25) is 0 Å². The number of carbonyl (C=O) groups is 1. The minimum absolute atomic E-state index is 0.164. The summed E-state index contributed by atoms with van der Waals surface area (Å²) in [6, 6.07) is 9.65. The normalized spacial score (nSPS) is 12.8. The molecule has 0 saturated carbocycles. The Kier molecular flexibility index (Phi) is 6.48. The number of rotatable bonds is 6. The maximum Gasteiger partial charge on any atom is 0.407 e. The summed E-state index contributed by atoms with van der Waals surface area (Å²) in [5.74, 6) is 0. The van der Waals surface area contributed by atoms with Crippen LogP contribution >= 0.6 is 0 Å². The maximum atomic E-state index is 11.5. The van der Waals surface area contributed by atoms with E-state index < -0.39 is 17.8 Å². The van der Waals surface area contributed by atoms with Crippen LogP contribution in [0.15, 0.2) is 30.3 Å². The van der Waals surface area contributed by atoms with Crippen molar-refractivity contribution < 1.29 is 19.4 Å². The van der Waals surface area contributed by atoms with Gasteiger partial charge < -0.3 is 19.9 Å². The van der Waals surface area contributed by atoms with Crippen LogP contribution < -0.4 is 5.32 Å². The van der Waals surface area contributed by atoms with Crippen LogP contribution in [0, 0.1) is 0 Å². The molecule has 0 heterocycles. The fraction of sp³-hybridized carbons (Fsp3) is 0.533. The molecule has 112 valence electrons. The van der Waals surface area contributed by atoms with Crippen molar-refractivity contribution >= 4 is 6.09 Å². The summed E-state index contributed by atoms with van der Waals surface area (Å²) in [4.78, 5) is 11.5. The van der Waals surface area contributed by atoms with Crippen molar-refractivity contribution in [1.29, 1.82) is 0 Å². The second-order valence-electron chi connectivity index (χ2n) is 5.48. The van der Waals surface area contributed by atoms with Crippen molar-refractivity contribution in [2.45, 2.75) is 39.1 Å². The van der Waals surface area contributed by atoms with Crippen molar-refractivity contribution in [3.63, 3.8) is 0 Å². The Bertz CT molecular complexity index is 400. The third-order valence-corrected chi connectivity index (χ3v) is 2.41. The van der Waals surface area contributed by atoms with Crippen LogP contribution in [-0.4, -0.2) is 36.1 Å². The first kappa shape index (κ1) is 16.5. The lowest BCUT2D eigenvalue weighted by atomic mass is 10.2. The quantitative estimate of drug-likeness (QED) is 0.838. The summed E-state index contributed by atoms with van der Waals surface area (Å²) >= 11 is 0. The first-order chi connectivity index (χ1) is 9.40. The maximum absolute atomic E-state index is 11.5. The van der Waals surface area contributed by atoms with Gasteiger partial charge in [-0.2, -0.15) is 0 Å². The molecule has 5 nitrogen and oxygen atoms in total. The van der Waals surface area contributed by atoms with E-state index in [2.05, 4.69) is 5.32 Å². The third kappa shape index (κ3) is 7.11. The molecule has 20 heavy (non-hydrogen) atoms. The van der Waals surface area contributed by atoms with E-state index in [-0.39, 0.29) is 13.2 Å². The highest BCUT2D eigenvalue weighted by Gasteiger charge is 2.17. The molecule has 1 rings (SSSR count). The van der Waals surface area contributed by atoms with E-state index in [9.17, 15) is 9.90 Å². The van der Waals surface area contributed by atoms with Crippen LogP contribution in [0.2, 0.25) is 0 Å². The van der Waals surface area contributed by atoms with Crippen LogP contribution in [0.3, 0.4) is 0 Å². The van der Waals surface area contributed by atoms with Gasteiger partial charge in [-0.15, -0.1) is 0 Å². The van der Waals surface area contributed by atoms with Crippen LogP contribution in [0.4, 0.5) is 4.79 Å². The number of nitrogens with one attached hydrogen (secondary N) is 1. The van der Waals surface area contributed by atoms with Gasteiger partial charge in [0, 0.05) is 6.54 Å². The number of carbonyl (C=O) groups excluding carboxylic acids is 1. The average molecular weight is 281 g/mol. The fourth-order valence-electron chi connectivity index (χ4n) is 1.48. The smallest absolute Gasteiger partial charge is 0.407 e. The van der Waals surface area contributed by atoms with Gasteiger partial charge in [0.15, 0.2) is 0 Å². The van der Waals surface area contributed by atoms with Crippen LogP contribution in [-0.2, 0) is 16.1 Å². The van der Waals surface area contributed by atoms with Crippen LogP contribution in [0.25, 0.3) is 0 Å². The number of benzene rings is 1. The molecule has 0 saturated heterocycles. The highest BCUT2D eigenvalue weighted by atomic mass is 16.6. The molecule has 1 aromatic rings. The molecule has 2 N–H and O–H groups in total. The van der Waals surface area contributed by atoms with E-state index >= 15 is 0 Å². The highest BCUT2D eigenvalue weighted by Crippen LogP contribution is 2.07. The lowest BCUT2D eigenvalue weighted by molar-refractivity contribution is -0.000379. The zero-order valence-corrected chi connectivity index (χ0v) is 12.3. The largest absolute Gasteiger partial charge is 0.444 e. The van der Waals surface area contributed by atoms with E-state index in [0.29, 0.717) is 6.61 Å². The van der Waals surface area contributed by atoms with Crippen LogP contribution in [0.5, 0.6) is 0 Å².